The number of rotatable bonds is 6. The Morgan fingerprint density at radius 2 is 1.96 bits per heavy atom. The molecule has 24 heavy (non-hydrogen) atoms. The van der Waals surface area contributed by atoms with Crippen molar-refractivity contribution < 1.29 is 9.18 Å². The summed E-state index contributed by atoms with van der Waals surface area (Å²) in [5, 5.41) is 3.57. The number of nitrogens with zero attached hydrogens (tertiary/aromatic N) is 1. The molecule has 3 rings (SSSR count). The first-order valence-electron chi connectivity index (χ1n) is 8.06. The first-order chi connectivity index (χ1) is 11.5. The van der Waals surface area contributed by atoms with Crippen LogP contribution in [-0.4, -0.2) is 23.4 Å². The second kappa shape index (κ2) is 7.32. The van der Waals surface area contributed by atoms with Crippen molar-refractivity contribution in [2.24, 2.45) is 0 Å². The zero-order valence-corrected chi connectivity index (χ0v) is 14.3. The van der Waals surface area contributed by atoms with E-state index < -0.39 is 0 Å². The van der Waals surface area contributed by atoms with Crippen molar-refractivity contribution >= 4 is 23.2 Å². The van der Waals surface area contributed by atoms with Gasteiger partial charge in [-0.1, -0.05) is 29.8 Å². The zero-order valence-electron chi connectivity index (χ0n) is 13.6. The summed E-state index contributed by atoms with van der Waals surface area (Å²) in [5.41, 5.74) is 2.61. The molecule has 126 valence electrons. The summed E-state index contributed by atoms with van der Waals surface area (Å²) in [6.07, 6.45) is 2.20. The second-order valence-corrected chi connectivity index (χ2v) is 6.63. The van der Waals surface area contributed by atoms with Gasteiger partial charge < -0.3 is 5.32 Å². The van der Waals surface area contributed by atoms with E-state index in [0.29, 0.717) is 24.2 Å². The van der Waals surface area contributed by atoms with Crippen LogP contribution in [0.3, 0.4) is 0 Å². The van der Waals surface area contributed by atoms with Gasteiger partial charge in [-0.15, -0.1) is 0 Å². The summed E-state index contributed by atoms with van der Waals surface area (Å²) in [7, 11) is 0. The van der Waals surface area contributed by atoms with Crippen LogP contribution in [0.1, 0.15) is 24.0 Å². The summed E-state index contributed by atoms with van der Waals surface area (Å²) >= 11 is 6.09. The lowest BCUT2D eigenvalue weighted by Gasteiger charge is -2.22. The molecule has 3 nitrogen and oxygen atoms in total. The van der Waals surface area contributed by atoms with Crippen molar-refractivity contribution in [2.45, 2.75) is 32.4 Å². The molecule has 5 heteroatoms. The maximum Gasteiger partial charge on any atom is 0.238 e. The SMILES string of the molecule is Cc1c(Cl)cccc1NC(=O)CN(Cc1ccc(F)cc1)C1CC1. The highest BCUT2D eigenvalue weighted by molar-refractivity contribution is 6.31. The van der Waals surface area contributed by atoms with Gasteiger partial charge in [0.05, 0.1) is 6.54 Å². The average molecular weight is 347 g/mol. The number of halogens is 2. The fourth-order valence-electron chi connectivity index (χ4n) is 2.70. The number of amides is 1. The van der Waals surface area contributed by atoms with E-state index in [1.807, 2.05) is 19.1 Å². The van der Waals surface area contributed by atoms with E-state index in [-0.39, 0.29) is 11.7 Å². The zero-order chi connectivity index (χ0) is 17.1. The van der Waals surface area contributed by atoms with Gasteiger partial charge in [0.2, 0.25) is 5.91 Å². The molecule has 0 bridgehead atoms. The molecule has 1 aliphatic carbocycles. The van der Waals surface area contributed by atoms with Crippen molar-refractivity contribution in [3.05, 3.63) is 64.4 Å². The lowest BCUT2D eigenvalue weighted by molar-refractivity contribution is -0.117. The van der Waals surface area contributed by atoms with Gasteiger partial charge >= 0.3 is 0 Å². The number of carbonyl (C=O) groups is 1. The summed E-state index contributed by atoms with van der Waals surface area (Å²) in [4.78, 5) is 14.5. The highest BCUT2D eigenvalue weighted by atomic mass is 35.5. The molecule has 0 saturated heterocycles. The number of nitrogens with one attached hydrogen (secondary N) is 1. The van der Waals surface area contributed by atoms with Gasteiger partial charge in [0.25, 0.3) is 0 Å². The minimum absolute atomic E-state index is 0.0608. The monoisotopic (exact) mass is 346 g/mol. The van der Waals surface area contributed by atoms with Gasteiger partial charge in [-0.3, -0.25) is 9.69 Å². The molecule has 0 aliphatic heterocycles. The highest BCUT2D eigenvalue weighted by Crippen LogP contribution is 2.28. The molecule has 0 aromatic heterocycles. The largest absolute Gasteiger partial charge is 0.325 e. The van der Waals surface area contributed by atoms with E-state index >= 15 is 0 Å². The molecular weight excluding hydrogens is 327 g/mol. The Bertz CT molecular complexity index is 729. The number of benzene rings is 2. The van der Waals surface area contributed by atoms with Gasteiger partial charge in [0.15, 0.2) is 0 Å². The molecule has 1 fully saturated rings. The Labute approximate surface area is 146 Å². The lowest BCUT2D eigenvalue weighted by Crippen LogP contribution is -2.34. The molecular formula is C19H20ClFN2O. The van der Waals surface area contributed by atoms with Crippen LogP contribution < -0.4 is 5.32 Å². The van der Waals surface area contributed by atoms with Crippen LogP contribution in [0, 0.1) is 12.7 Å². The molecule has 0 atom stereocenters. The topological polar surface area (TPSA) is 32.3 Å². The third-order valence-corrected chi connectivity index (χ3v) is 4.66. The molecule has 0 radical (unpaired) electrons. The van der Waals surface area contributed by atoms with E-state index in [4.69, 9.17) is 11.6 Å². The van der Waals surface area contributed by atoms with Crippen molar-refractivity contribution in [3.8, 4) is 0 Å². The van der Waals surface area contributed by atoms with Crippen LogP contribution in [0.15, 0.2) is 42.5 Å². The van der Waals surface area contributed by atoms with Crippen molar-refractivity contribution in [2.75, 3.05) is 11.9 Å². The lowest BCUT2D eigenvalue weighted by atomic mass is 10.2. The van der Waals surface area contributed by atoms with Gasteiger partial charge in [-0.25, -0.2) is 4.39 Å². The maximum atomic E-state index is 13.0. The highest BCUT2D eigenvalue weighted by Gasteiger charge is 2.30. The van der Waals surface area contributed by atoms with Gasteiger partial charge in [0.1, 0.15) is 5.82 Å². The van der Waals surface area contributed by atoms with Crippen molar-refractivity contribution in [3.63, 3.8) is 0 Å². The third-order valence-electron chi connectivity index (χ3n) is 4.25. The number of anilines is 1. The minimum Gasteiger partial charge on any atom is -0.325 e. The fourth-order valence-corrected chi connectivity index (χ4v) is 2.87. The number of carbonyl (C=O) groups excluding carboxylic acids is 1. The normalized spacial score (nSPS) is 14.0. The van der Waals surface area contributed by atoms with E-state index in [9.17, 15) is 9.18 Å². The van der Waals surface area contributed by atoms with Crippen molar-refractivity contribution in [1.29, 1.82) is 0 Å². The predicted octanol–water partition coefficient (Wildman–Crippen LogP) is 4.39. The molecule has 1 aliphatic rings. The molecule has 0 spiro atoms. The Hall–Kier alpha value is -1.91. The number of hydrogen-bond donors (Lipinski definition) is 1. The minimum atomic E-state index is -0.245. The van der Waals surface area contributed by atoms with E-state index in [0.717, 1.165) is 29.7 Å². The first kappa shape index (κ1) is 16.9. The summed E-state index contributed by atoms with van der Waals surface area (Å²) in [6, 6.07) is 12.3. The van der Waals surface area contributed by atoms with Crippen LogP contribution in [0.5, 0.6) is 0 Å². The summed E-state index contributed by atoms with van der Waals surface area (Å²) in [6.45, 7) is 2.84. The quantitative estimate of drug-likeness (QED) is 0.841. The summed E-state index contributed by atoms with van der Waals surface area (Å²) < 4.78 is 13.0. The van der Waals surface area contributed by atoms with E-state index in [1.54, 1.807) is 18.2 Å². The summed E-state index contributed by atoms with van der Waals surface area (Å²) in [5.74, 6) is -0.305. The van der Waals surface area contributed by atoms with Crippen LogP contribution in [0.25, 0.3) is 0 Å². The average Bonchev–Trinajstić information content (AvgIpc) is 3.38. The Morgan fingerprint density at radius 3 is 2.62 bits per heavy atom. The Balaban J connectivity index is 1.64. The second-order valence-electron chi connectivity index (χ2n) is 6.22. The molecule has 1 saturated carbocycles. The van der Waals surface area contributed by atoms with E-state index in [2.05, 4.69) is 10.2 Å². The van der Waals surface area contributed by atoms with Crippen LogP contribution >= 0.6 is 11.6 Å². The predicted molar refractivity (Wildman–Crippen MR) is 94.7 cm³/mol. The van der Waals surface area contributed by atoms with Gasteiger partial charge in [0, 0.05) is 23.3 Å². The first-order valence-corrected chi connectivity index (χ1v) is 8.44. The van der Waals surface area contributed by atoms with Crippen molar-refractivity contribution in [1.82, 2.24) is 4.90 Å². The molecule has 1 amide bonds. The number of hydrogen-bond acceptors (Lipinski definition) is 2. The standard InChI is InChI=1S/C19H20ClFN2O/c1-13-17(20)3-2-4-18(13)22-19(24)12-23(16-9-10-16)11-14-5-7-15(21)8-6-14/h2-8,16H,9-12H2,1H3,(H,22,24). The van der Waals surface area contributed by atoms with Crippen LogP contribution in [-0.2, 0) is 11.3 Å². The van der Waals surface area contributed by atoms with Crippen LogP contribution in [0.2, 0.25) is 5.02 Å². The van der Waals surface area contributed by atoms with E-state index in [1.165, 1.54) is 12.1 Å². The van der Waals surface area contributed by atoms with Gasteiger partial charge in [-0.05, 0) is 55.2 Å². The smallest absolute Gasteiger partial charge is 0.238 e. The molecule has 2 aromatic carbocycles. The molecule has 1 N–H and O–H groups in total. The third kappa shape index (κ3) is 4.34. The van der Waals surface area contributed by atoms with Crippen LogP contribution in [0.4, 0.5) is 10.1 Å². The Kier molecular flexibility index (Phi) is 5.17. The maximum absolute atomic E-state index is 13.0. The molecule has 0 unspecified atom stereocenters. The molecule has 2 aromatic rings. The molecule has 0 heterocycles. The fraction of sp³-hybridized carbons (Fsp3) is 0.316. The Morgan fingerprint density at radius 1 is 1.25 bits per heavy atom. The van der Waals surface area contributed by atoms with Gasteiger partial charge in [-0.2, -0.15) is 0 Å².